The van der Waals surface area contributed by atoms with Crippen LogP contribution in [0.15, 0.2) is 71.5 Å². The van der Waals surface area contributed by atoms with Crippen LogP contribution in [0, 0.1) is 6.92 Å². The highest BCUT2D eigenvalue weighted by atomic mass is 16.5. The normalized spacial score (nSPS) is 10.8. The second kappa shape index (κ2) is 8.52. The predicted molar refractivity (Wildman–Crippen MR) is 109 cm³/mol. The minimum absolute atomic E-state index is 0.101. The molecule has 0 aliphatic carbocycles. The monoisotopic (exact) mass is 387 g/mol. The Bertz CT molecular complexity index is 1080. The van der Waals surface area contributed by atoms with Crippen molar-refractivity contribution in [2.75, 3.05) is 5.32 Å². The zero-order valence-corrected chi connectivity index (χ0v) is 16.1. The Morgan fingerprint density at radius 1 is 1.14 bits per heavy atom. The van der Waals surface area contributed by atoms with Gasteiger partial charge in [0.15, 0.2) is 0 Å². The summed E-state index contributed by atoms with van der Waals surface area (Å²) in [4.78, 5) is 16.7. The van der Waals surface area contributed by atoms with Crippen LogP contribution < -0.4 is 5.32 Å². The van der Waals surface area contributed by atoms with Gasteiger partial charge in [-0.2, -0.15) is 10.1 Å². The third kappa shape index (κ3) is 4.95. The number of carbonyl (C=O) groups is 1. The molecule has 0 atom stereocenters. The zero-order chi connectivity index (χ0) is 20.1. The van der Waals surface area contributed by atoms with E-state index in [0.717, 1.165) is 16.8 Å². The summed E-state index contributed by atoms with van der Waals surface area (Å²) in [7, 11) is 0. The summed E-state index contributed by atoms with van der Waals surface area (Å²) < 4.78 is 7.11. The lowest BCUT2D eigenvalue weighted by atomic mass is 10.1. The first kappa shape index (κ1) is 18.6. The summed E-state index contributed by atoms with van der Waals surface area (Å²) in [5, 5.41) is 11.1. The first-order chi connectivity index (χ1) is 14.2. The van der Waals surface area contributed by atoms with Gasteiger partial charge in [-0.3, -0.25) is 9.48 Å². The van der Waals surface area contributed by atoms with E-state index in [9.17, 15) is 4.79 Å². The summed E-state index contributed by atoms with van der Waals surface area (Å²) in [5.74, 6) is 0.881. The molecule has 1 N–H and O–H groups in total. The lowest BCUT2D eigenvalue weighted by molar-refractivity contribution is -0.116. The lowest BCUT2D eigenvalue weighted by Gasteiger charge is -2.07. The number of aromatic nitrogens is 4. The van der Waals surface area contributed by atoms with E-state index in [1.807, 2.05) is 72.4 Å². The molecule has 7 heteroatoms. The molecule has 0 aliphatic rings. The maximum Gasteiger partial charge on any atom is 0.227 e. The average molecular weight is 387 g/mol. The van der Waals surface area contributed by atoms with Gasteiger partial charge in [0.05, 0.1) is 6.54 Å². The van der Waals surface area contributed by atoms with Gasteiger partial charge >= 0.3 is 0 Å². The molecule has 0 bridgehead atoms. The Balaban J connectivity index is 1.32. The van der Waals surface area contributed by atoms with Gasteiger partial charge in [0.1, 0.15) is 0 Å². The van der Waals surface area contributed by atoms with Crippen LogP contribution in [0.1, 0.15) is 23.4 Å². The van der Waals surface area contributed by atoms with E-state index in [-0.39, 0.29) is 12.3 Å². The van der Waals surface area contributed by atoms with E-state index in [1.165, 1.54) is 5.56 Å². The number of anilines is 1. The Kier molecular flexibility index (Phi) is 5.47. The van der Waals surface area contributed by atoms with Gasteiger partial charge in [-0.25, -0.2) is 0 Å². The third-order valence-electron chi connectivity index (χ3n) is 4.46. The summed E-state index contributed by atoms with van der Waals surface area (Å²) in [6.45, 7) is 2.68. The molecule has 29 heavy (non-hydrogen) atoms. The largest absolute Gasteiger partial charge is 0.339 e. The van der Waals surface area contributed by atoms with E-state index < -0.39 is 0 Å². The average Bonchev–Trinajstić information content (AvgIpc) is 3.39. The van der Waals surface area contributed by atoms with Crippen molar-refractivity contribution in [3.05, 3.63) is 84.0 Å². The standard InChI is InChI=1S/C22H21N5O2/c1-16-6-8-18(9-7-16)22-25-21(29-26-22)11-10-20(28)24-19-5-2-4-17(14-19)15-27-13-3-12-23-27/h2-9,12-14H,10-11,15H2,1H3,(H,24,28). The molecule has 0 saturated heterocycles. The molecular formula is C22H21N5O2. The molecule has 1 amide bonds. The molecule has 2 aromatic heterocycles. The highest BCUT2D eigenvalue weighted by Crippen LogP contribution is 2.17. The number of benzene rings is 2. The van der Waals surface area contributed by atoms with Crippen LogP contribution in [-0.4, -0.2) is 25.8 Å². The predicted octanol–water partition coefficient (Wildman–Crippen LogP) is 3.86. The van der Waals surface area contributed by atoms with Crippen molar-refractivity contribution in [3.63, 3.8) is 0 Å². The third-order valence-corrected chi connectivity index (χ3v) is 4.46. The Hall–Kier alpha value is -3.74. The molecular weight excluding hydrogens is 366 g/mol. The highest BCUT2D eigenvalue weighted by Gasteiger charge is 2.11. The fraction of sp³-hybridized carbons (Fsp3) is 0.182. The topological polar surface area (TPSA) is 85.8 Å². The first-order valence-electron chi connectivity index (χ1n) is 9.41. The van der Waals surface area contributed by atoms with E-state index in [2.05, 4.69) is 20.6 Å². The second-order valence-corrected chi connectivity index (χ2v) is 6.83. The molecule has 0 saturated carbocycles. The molecule has 7 nitrogen and oxygen atoms in total. The van der Waals surface area contributed by atoms with E-state index in [0.29, 0.717) is 24.7 Å². The fourth-order valence-corrected chi connectivity index (χ4v) is 2.95. The van der Waals surface area contributed by atoms with Crippen LogP contribution in [0.4, 0.5) is 5.69 Å². The van der Waals surface area contributed by atoms with E-state index in [4.69, 9.17) is 4.52 Å². The number of nitrogens with one attached hydrogen (secondary N) is 1. The minimum Gasteiger partial charge on any atom is -0.339 e. The van der Waals surface area contributed by atoms with Gasteiger partial charge in [0.2, 0.25) is 17.6 Å². The van der Waals surface area contributed by atoms with E-state index >= 15 is 0 Å². The smallest absolute Gasteiger partial charge is 0.227 e. The fourth-order valence-electron chi connectivity index (χ4n) is 2.95. The molecule has 0 fully saturated rings. The van der Waals surface area contributed by atoms with Crippen molar-refractivity contribution in [2.24, 2.45) is 0 Å². The van der Waals surface area contributed by atoms with Crippen molar-refractivity contribution in [1.29, 1.82) is 0 Å². The van der Waals surface area contributed by atoms with Crippen LogP contribution in [-0.2, 0) is 17.8 Å². The van der Waals surface area contributed by atoms with Crippen LogP contribution in [0.3, 0.4) is 0 Å². The number of amides is 1. The SMILES string of the molecule is Cc1ccc(-c2noc(CCC(=O)Nc3cccc(Cn4cccn4)c3)n2)cc1. The molecule has 2 aromatic carbocycles. The maximum absolute atomic E-state index is 12.3. The Labute approximate surface area is 168 Å². The molecule has 0 spiro atoms. The second-order valence-electron chi connectivity index (χ2n) is 6.83. The van der Waals surface area contributed by atoms with Gasteiger partial charge in [0, 0.05) is 36.5 Å². The Morgan fingerprint density at radius 3 is 2.79 bits per heavy atom. The van der Waals surface area contributed by atoms with Crippen molar-refractivity contribution in [3.8, 4) is 11.4 Å². The van der Waals surface area contributed by atoms with Crippen LogP contribution in [0.25, 0.3) is 11.4 Å². The van der Waals surface area contributed by atoms with Crippen LogP contribution in [0.2, 0.25) is 0 Å². The number of rotatable bonds is 7. The van der Waals surface area contributed by atoms with Crippen molar-refractivity contribution in [1.82, 2.24) is 19.9 Å². The van der Waals surface area contributed by atoms with Crippen molar-refractivity contribution in [2.45, 2.75) is 26.3 Å². The number of nitrogens with zero attached hydrogens (tertiary/aromatic N) is 4. The van der Waals surface area contributed by atoms with Gasteiger partial charge in [0.25, 0.3) is 0 Å². The maximum atomic E-state index is 12.3. The number of aryl methyl sites for hydroxylation is 2. The quantitative estimate of drug-likeness (QED) is 0.520. The summed E-state index contributed by atoms with van der Waals surface area (Å²) in [5.41, 5.74) is 3.88. The van der Waals surface area contributed by atoms with Crippen LogP contribution >= 0.6 is 0 Å². The molecule has 4 aromatic rings. The number of carbonyl (C=O) groups excluding carboxylic acids is 1. The van der Waals surface area contributed by atoms with Crippen molar-refractivity contribution >= 4 is 11.6 Å². The number of hydrogen-bond acceptors (Lipinski definition) is 5. The molecule has 2 heterocycles. The highest BCUT2D eigenvalue weighted by molar-refractivity contribution is 5.90. The first-order valence-corrected chi connectivity index (χ1v) is 9.41. The van der Waals surface area contributed by atoms with Gasteiger partial charge in [-0.05, 0) is 30.7 Å². The molecule has 0 unspecified atom stereocenters. The van der Waals surface area contributed by atoms with Crippen molar-refractivity contribution < 1.29 is 9.32 Å². The molecule has 146 valence electrons. The summed E-state index contributed by atoms with van der Waals surface area (Å²) in [6, 6.07) is 17.5. The van der Waals surface area contributed by atoms with Gasteiger partial charge in [-0.1, -0.05) is 47.1 Å². The summed E-state index contributed by atoms with van der Waals surface area (Å²) in [6.07, 6.45) is 4.30. The lowest BCUT2D eigenvalue weighted by Crippen LogP contribution is -2.12. The summed E-state index contributed by atoms with van der Waals surface area (Å²) >= 11 is 0. The van der Waals surface area contributed by atoms with E-state index in [1.54, 1.807) is 6.20 Å². The van der Waals surface area contributed by atoms with Gasteiger partial charge < -0.3 is 9.84 Å². The molecule has 4 rings (SSSR count). The molecule has 0 aliphatic heterocycles. The Morgan fingerprint density at radius 2 is 2.00 bits per heavy atom. The number of hydrogen-bond donors (Lipinski definition) is 1. The van der Waals surface area contributed by atoms with Crippen LogP contribution in [0.5, 0.6) is 0 Å². The minimum atomic E-state index is -0.101. The molecule has 0 radical (unpaired) electrons. The van der Waals surface area contributed by atoms with Gasteiger partial charge in [-0.15, -0.1) is 0 Å². The zero-order valence-electron chi connectivity index (χ0n) is 16.1.